The Morgan fingerprint density at radius 3 is 2.36 bits per heavy atom. The summed E-state index contributed by atoms with van der Waals surface area (Å²) in [6.07, 6.45) is 8.07. The first-order valence-corrected chi connectivity index (χ1v) is 11.3. The Balaban J connectivity index is 1.60. The van der Waals surface area contributed by atoms with E-state index in [1.54, 1.807) is 7.05 Å². The van der Waals surface area contributed by atoms with Gasteiger partial charge in [0.2, 0.25) is 15.9 Å². The number of aromatic nitrogens is 1. The fourth-order valence-corrected chi connectivity index (χ4v) is 5.60. The number of hydrogen-bond acceptors (Lipinski definition) is 5. The van der Waals surface area contributed by atoms with E-state index in [4.69, 9.17) is 0 Å². The number of nitrogens with one attached hydrogen (secondary N) is 1. The molecule has 0 aromatic carbocycles. The maximum absolute atomic E-state index is 12.9. The summed E-state index contributed by atoms with van der Waals surface area (Å²) in [7, 11) is -0.848. The minimum atomic E-state index is -3.71. The van der Waals surface area contributed by atoms with Gasteiger partial charge in [0.1, 0.15) is 10.6 Å². The van der Waals surface area contributed by atoms with Crippen molar-refractivity contribution in [3.8, 4) is 0 Å². The van der Waals surface area contributed by atoms with Gasteiger partial charge in [-0.3, -0.25) is 4.79 Å². The van der Waals surface area contributed by atoms with E-state index >= 15 is 0 Å². The van der Waals surface area contributed by atoms with Crippen LogP contribution in [0.15, 0.2) is 17.2 Å². The van der Waals surface area contributed by atoms with Crippen molar-refractivity contribution in [3.05, 3.63) is 18.0 Å². The molecule has 1 saturated heterocycles. The highest BCUT2D eigenvalue weighted by atomic mass is 32.2. The van der Waals surface area contributed by atoms with Gasteiger partial charge in [0, 0.05) is 38.3 Å². The molecular formula is C19H29N3O5S. The van der Waals surface area contributed by atoms with Crippen LogP contribution in [0.5, 0.6) is 0 Å². The van der Waals surface area contributed by atoms with Gasteiger partial charge in [0.25, 0.3) is 0 Å². The summed E-state index contributed by atoms with van der Waals surface area (Å²) in [6.45, 7) is 0.598. The minimum absolute atomic E-state index is 0.0524. The van der Waals surface area contributed by atoms with Crippen molar-refractivity contribution in [2.24, 2.45) is 13.0 Å². The lowest BCUT2D eigenvalue weighted by Gasteiger charge is -2.32. The smallest absolute Gasteiger partial charge is 0.354 e. The largest absolute Gasteiger partial charge is 0.464 e. The highest BCUT2D eigenvalue weighted by molar-refractivity contribution is 7.89. The standard InChI is InChI=1S/C19H29N3O5S/c1-21-13-16(12-17(21)19(24)27-2)28(25,26)22-10-8-14(9-11-22)18(23)20-15-6-4-3-5-7-15/h12-15H,3-11H2,1-2H3,(H,20,23). The zero-order valence-electron chi connectivity index (χ0n) is 16.5. The summed E-state index contributed by atoms with van der Waals surface area (Å²) in [6, 6.07) is 1.60. The van der Waals surface area contributed by atoms with Crippen molar-refractivity contribution >= 4 is 21.9 Å². The molecular weight excluding hydrogens is 382 g/mol. The molecule has 3 rings (SSSR count). The van der Waals surface area contributed by atoms with E-state index in [1.165, 1.54) is 34.7 Å². The molecule has 28 heavy (non-hydrogen) atoms. The number of rotatable bonds is 5. The lowest BCUT2D eigenvalue weighted by Crippen LogP contribution is -2.45. The topological polar surface area (TPSA) is 97.7 Å². The van der Waals surface area contributed by atoms with Crippen LogP contribution in [0.25, 0.3) is 0 Å². The van der Waals surface area contributed by atoms with Crippen LogP contribution in [-0.4, -0.2) is 55.4 Å². The minimum Gasteiger partial charge on any atom is -0.464 e. The molecule has 2 aliphatic rings. The zero-order chi connectivity index (χ0) is 20.3. The molecule has 1 aliphatic heterocycles. The second-order valence-electron chi connectivity index (χ2n) is 7.69. The number of nitrogens with zero attached hydrogens (tertiary/aromatic N) is 2. The van der Waals surface area contributed by atoms with E-state index in [0.717, 1.165) is 25.7 Å². The van der Waals surface area contributed by atoms with Gasteiger partial charge in [0.05, 0.1) is 7.11 Å². The van der Waals surface area contributed by atoms with Crippen LogP contribution in [0.4, 0.5) is 0 Å². The fourth-order valence-electron chi connectivity index (χ4n) is 4.06. The molecule has 1 saturated carbocycles. The van der Waals surface area contributed by atoms with Crippen molar-refractivity contribution < 1.29 is 22.7 Å². The SMILES string of the molecule is COC(=O)c1cc(S(=O)(=O)N2CCC(C(=O)NC3CCCCC3)CC2)cn1C. The summed E-state index contributed by atoms with van der Waals surface area (Å²) in [5.41, 5.74) is 0.183. The van der Waals surface area contributed by atoms with E-state index in [9.17, 15) is 18.0 Å². The van der Waals surface area contributed by atoms with Crippen molar-refractivity contribution in [2.75, 3.05) is 20.2 Å². The highest BCUT2D eigenvalue weighted by Gasteiger charge is 2.34. The summed E-state index contributed by atoms with van der Waals surface area (Å²) in [5, 5.41) is 3.14. The summed E-state index contributed by atoms with van der Waals surface area (Å²) >= 11 is 0. The van der Waals surface area contributed by atoms with Gasteiger partial charge in [0.15, 0.2) is 0 Å². The normalized spacial score (nSPS) is 20.1. The predicted molar refractivity (Wildman–Crippen MR) is 103 cm³/mol. The van der Waals surface area contributed by atoms with Crippen LogP contribution < -0.4 is 5.32 Å². The molecule has 8 nitrogen and oxygen atoms in total. The summed E-state index contributed by atoms with van der Waals surface area (Å²) in [4.78, 5) is 24.3. The Hall–Kier alpha value is -1.87. The molecule has 1 N–H and O–H groups in total. The molecule has 9 heteroatoms. The van der Waals surface area contributed by atoms with Crippen LogP contribution in [0.1, 0.15) is 55.4 Å². The molecule has 0 unspecified atom stereocenters. The average Bonchev–Trinajstić information content (AvgIpc) is 3.11. The number of carbonyl (C=O) groups excluding carboxylic acids is 2. The lowest BCUT2D eigenvalue weighted by atomic mass is 9.93. The zero-order valence-corrected chi connectivity index (χ0v) is 17.3. The molecule has 1 aromatic rings. The second-order valence-corrected chi connectivity index (χ2v) is 9.62. The molecule has 1 aliphatic carbocycles. The average molecular weight is 412 g/mol. The predicted octanol–water partition coefficient (Wildman–Crippen LogP) is 1.66. The fraction of sp³-hybridized carbons (Fsp3) is 0.684. The van der Waals surface area contributed by atoms with Gasteiger partial charge in [-0.1, -0.05) is 19.3 Å². The number of amides is 1. The second kappa shape index (κ2) is 8.65. The van der Waals surface area contributed by atoms with Crippen molar-refractivity contribution in [1.29, 1.82) is 0 Å². The maximum Gasteiger partial charge on any atom is 0.354 e. The maximum atomic E-state index is 12.9. The molecule has 2 fully saturated rings. The molecule has 1 amide bonds. The summed E-state index contributed by atoms with van der Waals surface area (Å²) < 4.78 is 33.4. The number of carbonyl (C=O) groups is 2. The number of piperidine rings is 1. The van der Waals surface area contributed by atoms with Crippen LogP contribution in [0.3, 0.4) is 0 Å². The van der Waals surface area contributed by atoms with Crippen LogP contribution in [0, 0.1) is 5.92 Å². The van der Waals surface area contributed by atoms with Gasteiger partial charge < -0.3 is 14.6 Å². The number of esters is 1. The van der Waals surface area contributed by atoms with Gasteiger partial charge in [-0.2, -0.15) is 4.31 Å². The first-order valence-electron chi connectivity index (χ1n) is 9.88. The van der Waals surface area contributed by atoms with E-state index in [2.05, 4.69) is 10.1 Å². The van der Waals surface area contributed by atoms with E-state index < -0.39 is 16.0 Å². The van der Waals surface area contributed by atoms with Gasteiger partial charge >= 0.3 is 5.97 Å². The first kappa shape index (κ1) is 20.9. The van der Waals surface area contributed by atoms with E-state index in [-0.39, 0.29) is 28.5 Å². The van der Waals surface area contributed by atoms with Crippen LogP contribution in [0.2, 0.25) is 0 Å². The van der Waals surface area contributed by atoms with Gasteiger partial charge in [-0.05, 0) is 31.7 Å². The molecule has 156 valence electrons. The van der Waals surface area contributed by atoms with E-state index in [1.807, 2.05) is 0 Å². The van der Waals surface area contributed by atoms with Crippen molar-refractivity contribution in [2.45, 2.75) is 55.9 Å². The molecule has 0 spiro atoms. The molecule has 0 bridgehead atoms. The third-order valence-electron chi connectivity index (χ3n) is 5.79. The Labute approximate surface area is 166 Å². The van der Waals surface area contributed by atoms with E-state index in [0.29, 0.717) is 25.9 Å². The van der Waals surface area contributed by atoms with Gasteiger partial charge in [-0.25, -0.2) is 13.2 Å². The molecule has 1 aromatic heterocycles. The lowest BCUT2D eigenvalue weighted by molar-refractivity contribution is -0.127. The Morgan fingerprint density at radius 2 is 1.75 bits per heavy atom. The molecule has 0 radical (unpaired) electrons. The number of hydrogen-bond donors (Lipinski definition) is 1. The Morgan fingerprint density at radius 1 is 1.11 bits per heavy atom. The monoisotopic (exact) mass is 411 g/mol. The van der Waals surface area contributed by atoms with Crippen molar-refractivity contribution in [1.82, 2.24) is 14.2 Å². The quantitative estimate of drug-likeness (QED) is 0.743. The third kappa shape index (κ3) is 4.41. The van der Waals surface area contributed by atoms with Crippen LogP contribution in [-0.2, 0) is 26.6 Å². The first-order chi connectivity index (χ1) is 13.3. The number of sulfonamides is 1. The Bertz CT molecular complexity index is 819. The molecule has 0 atom stereocenters. The Kier molecular flexibility index (Phi) is 6.44. The van der Waals surface area contributed by atoms with Crippen LogP contribution >= 0.6 is 0 Å². The number of aryl methyl sites for hydroxylation is 1. The third-order valence-corrected chi connectivity index (χ3v) is 7.65. The highest BCUT2D eigenvalue weighted by Crippen LogP contribution is 2.26. The molecule has 2 heterocycles. The number of methoxy groups -OCH3 is 1. The number of ether oxygens (including phenoxy) is 1. The van der Waals surface area contributed by atoms with Crippen molar-refractivity contribution in [3.63, 3.8) is 0 Å². The van der Waals surface area contributed by atoms with Gasteiger partial charge in [-0.15, -0.1) is 0 Å². The summed E-state index contributed by atoms with van der Waals surface area (Å²) in [5.74, 6) is -0.673.